The van der Waals surface area contributed by atoms with Crippen molar-refractivity contribution >= 4 is 33.1 Å². The molecule has 2 rings (SSSR count). The van der Waals surface area contributed by atoms with Crippen LogP contribution in [-0.4, -0.2) is 21.9 Å². The number of carbonyl (C=O) groups is 1. The Hall–Kier alpha value is -2.48. The standard InChI is InChI=1S/C13H14N4O3S/c1-8(2)15-10-6-4-3-5-9(10)12(18)16-13-14-7-11(21-13)17(19)20/h3-8,15H,1-2H3,(H,14,16,18). The Bertz CT molecular complexity index is 669. The maximum Gasteiger partial charge on any atom is 0.345 e. The van der Waals surface area contributed by atoms with Gasteiger partial charge in [-0.25, -0.2) is 4.98 Å². The van der Waals surface area contributed by atoms with Gasteiger partial charge in [0.1, 0.15) is 6.20 Å². The molecule has 0 saturated heterocycles. The molecule has 0 atom stereocenters. The lowest BCUT2D eigenvalue weighted by molar-refractivity contribution is -0.380. The monoisotopic (exact) mass is 306 g/mol. The molecule has 0 saturated carbocycles. The first-order chi connectivity index (χ1) is 9.97. The zero-order valence-corrected chi connectivity index (χ0v) is 12.3. The molecule has 0 radical (unpaired) electrons. The number of nitrogens with zero attached hydrogens (tertiary/aromatic N) is 2. The van der Waals surface area contributed by atoms with E-state index in [2.05, 4.69) is 15.6 Å². The minimum atomic E-state index is -0.540. The van der Waals surface area contributed by atoms with Crippen molar-refractivity contribution in [2.75, 3.05) is 10.6 Å². The molecule has 0 fully saturated rings. The summed E-state index contributed by atoms with van der Waals surface area (Å²) in [7, 11) is 0. The molecule has 1 heterocycles. The van der Waals surface area contributed by atoms with E-state index in [9.17, 15) is 14.9 Å². The summed E-state index contributed by atoms with van der Waals surface area (Å²) >= 11 is 0.821. The van der Waals surface area contributed by atoms with Gasteiger partial charge in [-0.2, -0.15) is 0 Å². The number of hydrogen-bond donors (Lipinski definition) is 2. The predicted molar refractivity (Wildman–Crippen MR) is 81.9 cm³/mol. The summed E-state index contributed by atoms with van der Waals surface area (Å²) in [6, 6.07) is 7.25. The summed E-state index contributed by atoms with van der Waals surface area (Å²) < 4.78 is 0. The van der Waals surface area contributed by atoms with Crippen molar-refractivity contribution in [3.8, 4) is 0 Å². The Morgan fingerprint density at radius 1 is 1.38 bits per heavy atom. The molecule has 1 aromatic heterocycles. The molecular weight excluding hydrogens is 292 g/mol. The van der Waals surface area contributed by atoms with Gasteiger partial charge < -0.3 is 5.32 Å². The highest BCUT2D eigenvalue weighted by atomic mass is 32.1. The molecule has 1 amide bonds. The fraction of sp³-hybridized carbons (Fsp3) is 0.231. The van der Waals surface area contributed by atoms with Crippen LogP contribution >= 0.6 is 11.3 Å². The summed E-state index contributed by atoms with van der Waals surface area (Å²) in [5.74, 6) is -0.358. The van der Waals surface area contributed by atoms with Gasteiger partial charge >= 0.3 is 5.00 Å². The quantitative estimate of drug-likeness (QED) is 0.653. The zero-order valence-electron chi connectivity index (χ0n) is 11.5. The van der Waals surface area contributed by atoms with Gasteiger partial charge in [-0.1, -0.05) is 12.1 Å². The van der Waals surface area contributed by atoms with Crippen molar-refractivity contribution in [2.45, 2.75) is 19.9 Å². The van der Waals surface area contributed by atoms with Crippen molar-refractivity contribution in [3.05, 3.63) is 46.1 Å². The second-order valence-electron chi connectivity index (χ2n) is 4.56. The van der Waals surface area contributed by atoms with Gasteiger partial charge in [0.15, 0.2) is 5.13 Å². The number of amides is 1. The van der Waals surface area contributed by atoms with E-state index >= 15 is 0 Å². The molecule has 2 N–H and O–H groups in total. The van der Waals surface area contributed by atoms with Gasteiger partial charge in [0.05, 0.1) is 10.5 Å². The van der Waals surface area contributed by atoms with Crippen LogP contribution in [0.1, 0.15) is 24.2 Å². The normalized spacial score (nSPS) is 10.4. The highest BCUT2D eigenvalue weighted by molar-refractivity contribution is 7.18. The minimum Gasteiger partial charge on any atom is -0.382 e. The van der Waals surface area contributed by atoms with E-state index in [0.717, 1.165) is 17.5 Å². The van der Waals surface area contributed by atoms with Crippen molar-refractivity contribution in [1.29, 1.82) is 0 Å². The van der Waals surface area contributed by atoms with Crippen LogP contribution in [0.15, 0.2) is 30.5 Å². The molecule has 7 nitrogen and oxygen atoms in total. The third kappa shape index (κ3) is 3.76. The van der Waals surface area contributed by atoms with Crippen molar-refractivity contribution in [3.63, 3.8) is 0 Å². The molecule has 0 aliphatic rings. The molecular formula is C13H14N4O3S. The van der Waals surface area contributed by atoms with Gasteiger partial charge in [-0.3, -0.25) is 20.2 Å². The maximum absolute atomic E-state index is 12.2. The number of benzene rings is 1. The van der Waals surface area contributed by atoms with Crippen LogP contribution in [0.2, 0.25) is 0 Å². The van der Waals surface area contributed by atoms with E-state index in [0.29, 0.717) is 11.3 Å². The highest BCUT2D eigenvalue weighted by Crippen LogP contribution is 2.26. The van der Waals surface area contributed by atoms with Crippen molar-refractivity contribution < 1.29 is 9.72 Å². The molecule has 0 spiro atoms. The lowest BCUT2D eigenvalue weighted by Gasteiger charge is -2.13. The molecule has 8 heteroatoms. The number of carbonyl (C=O) groups excluding carboxylic acids is 1. The van der Waals surface area contributed by atoms with Gasteiger partial charge in [-0.15, -0.1) is 0 Å². The Labute approximate surface area is 125 Å². The van der Waals surface area contributed by atoms with Crippen LogP contribution < -0.4 is 10.6 Å². The summed E-state index contributed by atoms with van der Waals surface area (Å²) in [6.45, 7) is 3.94. The molecule has 110 valence electrons. The van der Waals surface area contributed by atoms with Crippen LogP contribution in [0.4, 0.5) is 15.8 Å². The fourth-order valence-corrected chi connectivity index (χ4v) is 2.32. The van der Waals surface area contributed by atoms with Gasteiger partial charge in [-0.05, 0) is 37.3 Å². The number of thiazole rings is 1. The number of nitrogens with one attached hydrogen (secondary N) is 2. The molecule has 0 aliphatic carbocycles. The SMILES string of the molecule is CC(C)Nc1ccccc1C(=O)Nc1ncc([N+](=O)[O-])s1. The van der Waals surface area contributed by atoms with E-state index < -0.39 is 4.92 Å². The van der Waals surface area contributed by atoms with Gasteiger partial charge in [0, 0.05) is 11.7 Å². The average Bonchev–Trinajstić information content (AvgIpc) is 2.87. The first kappa shape index (κ1) is 14.9. The molecule has 1 aromatic carbocycles. The van der Waals surface area contributed by atoms with Crippen LogP contribution in [-0.2, 0) is 0 Å². The smallest absolute Gasteiger partial charge is 0.345 e. The van der Waals surface area contributed by atoms with E-state index in [4.69, 9.17) is 0 Å². The largest absolute Gasteiger partial charge is 0.382 e. The minimum absolute atomic E-state index is 0.112. The highest BCUT2D eigenvalue weighted by Gasteiger charge is 2.16. The number of nitro groups is 1. The number of anilines is 2. The van der Waals surface area contributed by atoms with E-state index in [1.165, 1.54) is 0 Å². The third-order valence-corrected chi connectivity index (χ3v) is 3.37. The Balaban J connectivity index is 2.18. The number of rotatable bonds is 5. The number of hydrogen-bond acceptors (Lipinski definition) is 6. The van der Waals surface area contributed by atoms with Crippen molar-refractivity contribution in [2.24, 2.45) is 0 Å². The Morgan fingerprint density at radius 3 is 2.71 bits per heavy atom. The average molecular weight is 306 g/mol. The second-order valence-corrected chi connectivity index (χ2v) is 5.57. The summed E-state index contributed by atoms with van der Waals surface area (Å²) in [5.41, 5.74) is 1.17. The van der Waals surface area contributed by atoms with Gasteiger partial charge in [0.2, 0.25) is 0 Å². The molecule has 0 bridgehead atoms. The molecule has 21 heavy (non-hydrogen) atoms. The fourth-order valence-electron chi connectivity index (χ4n) is 1.69. The second kappa shape index (κ2) is 6.31. The predicted octanol–water partition coefficient (Wildman–Crippen LogP) is 3.12. The summed E-state index contributed by atoms with van der Waals surface area (Å²) in [4.78, 5) is 26.1. The zero-order chi connectivity index (χ0) is 15.4. The van der Waals surface area contributed by atoms with Crippen molar-refractivity contribution in [1.82, 2.24) is 4.98 Å². The van der Waals surface area contributed by atoms with E-state index in [1.807, 2.05) is 19.9 Å². The molecule has 2 aromatic rings. The lowest BCUT2D eigenvalue weighted by atomic mass is 10.1. The molecule has 0 aliphatic heterocycles. The first-order valence-corrected chi connectivity index (χ1v) is 7.06. The Morgan fingerprint density at radius 2 is 2.10 bits per heavy atom. The summed E-state index contributed by atoms with van der Waals surface area (Å²) in [5, 5.41) is 16.4. The van der Waals surface area contributed by atoms with E-state index in [1.54, 1.807) is 18.2 Å². The summed E-state index contributed by atoms with van der Waals surface area (Å²) in [6.07, 6.45) is 1.12. The van der Waals surface area contributed by atoms with Crippen LogP contribution in [0.5, 0.6) is 0 Å². The third-order valence-electron chi connectivity index (χ3n) is 2.51. The lowest BCUT2D eigenvalue weighted by Crippen LogP contribution is -2.17. The number of para-hydroxylation sites is 1. The van der Waals surface area contributed by atoms with Crippen LogP contribution in [0.3, 0.4) is 0 Å². The van der Waals surface area contributed by atoms with Gasteiger partial charge in [0.25, 0.3) is 5.91 Å². The van der Waals surface area contributed by atoms with E-state index in [-0.39, 0.29) is 22.1 Å². The maximum atomic E-state index is 12.2. The number of aromatic nitrogens is 1. The molecule has 0 unspecified atom stereocenters. The first-order valence-electron chi connectivity index (χ1n) is 6.24. The van der Waals surface area contributed by atoms with Crippen LogP contribution in [0, 0.1) is 10.1 Å². The van der Waals surface area contributed by atoms with Crippen LogP contribution in [0.25, 0.3) is 0 Å². The Kier molecular flexibility index (Phi) is 4.49. The topological polar surface area (TPSA) is 97.2 Å².